The third-order valence-electron chi connectivity index (χ3n) is 2.29. The van der Waals surface area contributed by atoms with Gasteiger partial charge in [-0.2, -0.15) is 0 Å². The van der Waals surface area contributed by atoms with Crippen LogP contribution in [-0.4, -0.2) is 10.9 Å². The van der Waals surface area contributed by atoms with Gasteiger partial charge in [0.25, 0.3) is 0 Å². The number of nitrogens with zero attached hydrogens (tertiary/aromatic N) is 1. The summed E-state index contributed by atoms with van der Waals surface area (Å²) in [7, 11) is 0. The molecule has 0 saturated carbocycles. The number of hydrogen-bond donors (Lipinski definition) is 1. The molecule has 1 amide bonds. The molecule has 0 saturated heterocycles. The molecule has 92 valence electrons. The number of hydrogen-bond acceptors (Lipinski definition) is 2. The molecule has 0 fully saturated rings. The Kier molecular flexibility index (Phi) is 4.04. The highest BCUT2D eigenvalue weighted by molar-refractivity contribution is 9.10. The van der Waals surface area contributed by atoms with Crippen LogP contribution >= 0.6 is 15.9 Å². The van der Waals surface area contributed by atoms with Crippen LogP contribution in [0.2, 0.25) is 0 Å². The van der Waals surface area contributed by atoms with Gasteiger partial charge in [-0.15, -0.1) is 0 Å². The number of rotatable bonds is 3. The maximum Gasteiger partial charge on any atom is 0.229 e. The minimum atomic E-state index is -0.313. The van der Waals surface area contributed by atoms with Crippen molar-refractivity contribution in [2.24, 2.45) is 0 Å². The van der Waals surface area contributed by atoms with Crippen LogP contribution in [-0.2, 0) is 11.2 Å². The van der Waals surface area contributed by atoms with Crippen molar-refractivity contribution < 1.29 is 9.18 Å². The van der Waals surface area contributed by atoms with Crippen LogP contribution in [0.25, 0.3) is 0 Å². The van der Waals surface area contributed by atoms with E-state index in [-0.39, 0.29) is 18.1 Å². The van der Waals surface area contributed by atoms with Crippen LogP contribution in [0.15, 0.2) is 47.1 Å². The summed E-state index contributed by atoms with van der Waals surface area (Å²) in [6, 6.07) is 9.39. The average Bonchev–Trinajstić information content (AvgIpc) is 2.35. The smallest absolute Gasteiger partial charge is 0.229 e. The molecule has 1 heterocycles. The van der Waals surface area contributed by atoms with E-state index in [1.165, 1.54) is 12.1 Å². The van der Waals surface area contributed by atoms with Crippen LogP contribution in [0.3, 0.4) is 0 Å². The normalized spacial score (nSPS) is 10.1. The Balaban J connectivity index is 2.01. The number of carbonyl (C=O) groups is 1. The molecule has 1 aromatic carbocycles. The van der Waals surface area contributed by atoms with Gasteiger partial charge in [0.1, 0.15) is 11.6 Å². The lowest BCUT2D eigenvalue weighted by Gasteiger charge is -2.06. The minimum absolute atomic E-state index is 0.184. The van der Waals surface area contributed by atoms with Crippen LogP contribution in [0.5, 0.6) is 0 Å². The number of halogens is 2. The lowest BCUT2D eigenvalue weighted by molar-refractivity contribution is -0.115. The van der Waals surface area contributed by atoms with Crippen molar-refractivity contribution in [2.75, 3.05) is 5.32 Å². The van der Waals surface area contributed by atoms with Gasteiger partial charge in [0.15, 0.2) is 0 Å². The standard InChI is InChI=1S/C13H10BrFN2O/c14-11-2-1-7-16-13(11)17-12(18)8-9-3-5-10(15)6-4-9/h1-7H,8H2,(H,16,17,18). The molecule has 0 spiro atoms. The van der Waals surface area contributed by atoms with E-state index in [1.54, 1.807) is 30.5 Å². The van der Waals surface area contributed by atoms with Crippen LogP contribution in [0.1, 0.15) is 5.56 Å². The largest absolute Gasteiger partial charge is 0.309 e. The quantitative estimate of drug-likeness (QED) is 0.946. The van der Waals surface area contributed by atoms with Crippen molar-refractivity contribution in [1.82, 2.24) is 4.98 Å². The highest BCUT2D eigenvalue weighted by atomic mass is 79.9. The molecule has 2 aromatic rings. The molecule has 5 heteroatoms. The Morgan fingerprint density at radius 3 is 2.67 bits per heavy atom. The van der Waals surface area contributed by atoms with Crippen molar-refractivity contribution in [2.45, 2.75) is 6.42 Å². The zero-order valence-corrected chi connectivity index (χ0v) is 10.9. The first-order valence-electron chi connectivity index (χ1n) is 5.30. The second kappa shape index (κ2) is 5.73. The Hall–Kier alpha value is -1.75. The number of aromatic nitrogens is 1. The number of benzene rings is 1. The van der Waals surface area contributed by atoms with Crippen LogP contribution in [0, 0.1) is 5.82 Å². The molecule has 0 aliphatic heterocycles. The number of amides is 1. The first-order valence-corrected chi connectivity index (χ1v) is 6.09. The molecule has 0 bridgehead atoms. The van der Waals surface area contributed by atoms with Crippen LogP contribution < -0.4 is 5.32 Å². The van der Waals surface area contributed by atoms with Gasteiger partial charge in [-0.3, -0.25) is 4.79 Å². The summed E-state index contributed by atoms with van der Waals surface area (Å²) < 4.78 is 13.4. The highest BCUT2D eigenvalue weighted by Crippen LogP contribution is 2.18. The summed E-state index contributed by atoms with van der Waals surface area (Å²) in [4.78, 5) is 15.8. The average molecular weight is 309 g/mol. The molecule has 1 aromatic heterocycles. The lowest BCUT2D eigenvalue weighted by atomic mass is 10.1. The molecule has 0 atom stereocenters. The van der Waals surface area contributed by atoms with Gasteiger partial charge in [-0.25, -0.2) is 9.37 Å². The fourth-order valence-electron chi connectivity index (χ4n) is 1.44. The monoisotopic (exact) mass is 308 g/mol. The maximum atomic E-state index is 12.7. The Morgan fingerprint density at radius 1 is 1.28 bits per heavy atom. The van der Waals surface area contributed by atoms with Gasteiger partial charge >= 0.3 is 0 Å². The predicted molar refractivity (Wildman–Crippen MR) is 70.7 cm³/mol. The molecular formula is C13H10BrFN2O. The fraction of sp³-hybridized carbons (Fsp3) is 0.0769. The molecule has 0 unspecified atom stereocenters. The second-order valence-corrected chi connectivity index (χ2v) is 4.54. The molecule has 0 aliphatic carbocycles. The van der Waals surface area contributed by atoms with Crippen molar-refractivity contribution in [3.05, 3.63) is 58.4 Å². The van der Waals surface area contributed by atoms with Crippen molar-refractivity contribution in [1.29, 1.82) is 0 Å². The van der Waals surface area contributed by atoms with Gasteiger partial charge in [-0.1, -0.05) is 12.1 Å². The van der Waals surface area contributed by atoms with E-state index in [9.17, 15) is 9.18 Å². The van der Waals surface area contributed by atoms with Crippen LogP contribution in [0.4, 0.5) is 10.2 Å². The number of pyridine rings is 1. The van der Waals surface area contributed by atoms with E-state index in [1.807, 2.05) is 0 Å². The van der Waals surface area contributed by atoms with E-state index in [2.05, 4.69) is 26.2 Å². The minimum Gasteiger partial charge on any atom is -0.309 e. The second-order valence-electron chi connectivity index (χ2n) is 3.69. The van der Waals surface area contributed by atoms with E-state index < -0.39 is 0 Å². The highest BCUT2D eigenvalue weighted by Gasteiger charge is 2.07. The zero-order valence-electron chi connectivity index (χ0n) is 9.36. The van der Waals surface area contributed by atoms with E-state index in [4.69, 9.17) is 0 Å². The SMILES string of the molecule is O=C(Cc1ccc(F)cc1)Nc1ncccc1Br. The molecule has 3 nitrogen and oxygen atoms in total. The van der Waals surface area contributed by atoms with Crippen molar-refractivity contribution >= 4 is 27.7 Å². The van der Waals surface area contributed by atoms with E-state index in [0.29, 0.717) is 5.82 Å². The topological polar surface area (TPSA) is 42.0 Å². The van der Waals surface area contributed by atoms with Gasteiger partial charge < -0.3 is 5.32 Å². The van der Waals surface area contributed by atoms with Crippen molar-refractivity contribution in [3.8, 4) is 0 Å². The first-order chi connectivity index (χ1) is 8.65. The summed E-state index contributed by atoms with van der Waals surface area (Å²) in [5, 5.41) is 2.68. The predicted octanol–water partition coefficient (Wildman–Crippen LogP) is 3.16. The van der Waals surface area contributed by atoms with E-state index in [0.717, 1.165) is 10.0 Å². The van der Waals surface area contributed by atoms with Gasteiger partial charge in [0.2, 0.25) is 5.91 Å². The van der Waals surface area contributed by atoms with E-state index >= 15 is 0 Å². The Bertz CT molecular complexity index is 557. The summed E-state index contributed by atoms with van der Waals surface area (Å²) in [6.07, 6.45) is 1.78. The molecule has 0 radical (unpaired) electrons. The summed E-state index contributed by atoms with van der Waals surface area (Å²) in [6.45, 7) is 0. The molecular weight excluding hydrogens is 299 g/mol. The molecule has 18 heavy (non-hydrogen) atoms. The number of anilines is 1. The molecule has 2 rings (SSSR count). The third-order valence-corrected chi connectivity index (χ3v) is 2.93. The zero-order chi connectivity index (χ0) is 13.0. The lowest BCUT2D eigenvalue weighted by Crippen LogP contribution is -2.15. The summed E-state index contributed by atoms with van der Waals surface area (Å²) in [5.41, 5.74) is 0.751. The van der Waals surface area contributed by atoms with Crippen molar-refractivity contribution in [3.63, 3.8) is 0 Å². The van der Waals surface area contributed by atoms with Gasteiger partial charge in [0, 0.05) is 6.20 Å². The molecule has 1 N–H and O–H groups in total. The Morgan fingerprint density at radius 2 is 2.00 bits per heavy atom. The summed E-state index contributed by atoms with van der Waals surface area (Å²) in [5.74, 6) is -0.0303. The first kappa shape index (κ1) is 12.7. The number of carbonyl (C=O) groups excluding carboxylic acids is 1. The summed E-state index contributed by atoms with van der Waals surface area (Å²) >= 11 is 3.29. The fourth-order valence-corrected chi connectivity index (χ4v) is 1.80. The van der Waals surface area contributed by atoms with Gasteiger partial charge in [-0.05, 0) is 45.8 Å². The third kappa shape index (κ3) is 3.37. The number of nitrogens with one attached hydrogen (secondary N) is 1. The van der Waals surface area contributed by atoms with Gasteiger partial charge in [0.05, 0.1) is 10.9 Å². The Labute approximate surface area is 112 Å². The molecule has 0 aliphatic rings. The maximum absolute atomic E-state index is 12.7.